The van der Waals surface area contributed by atoms with Crippen molar-refractivity contribution in [2.24, 2.45) is 0 Å². The Morgan fingerprint density at radius 3 is 1.06 bits per heavy atom. The fraction of sp³-hybridized carbons (Fsp3) is 1.00. The summed E-state index contributed by atoms with van der Waals surface area (Å²) in [7, 11) is 0. The molecule has 1 N–H and O–H groups in total. The second-order valence-electron chi connectivity index (χ2n) is 2.98. The molecule has 0 amide bonds. The molecule has 0 atom stereocenters. The normalized spacial score (nSPS) is 7.00. The van der Waals surface area contributed by atoms with Crippen LogP contribution in [0.2, 0.25) is 0 Å². The van der Waals surface area contributed by atoms with Crippen LogP contribution < -0.4 is 5.32 Å². The number of hydrogen-bond acceptors (Lipinski definition) is 2. The fourth-order valence-corrected chi connectivity index (χ4v) is 1.11. The lowest BCUT2D eigenvalue weighted by Gasteiger charge is -2.15. The van der Waals surface area contributed by atoms with Crippen molar-refractivity contribution in [2.45, 2.75) is 78.2 Å². The van der Waals surface area contributed by atoms with Crippen LogP contribution in [0.5, 0.6) is 0 Å². The molecule has 0 radical (unpaired) electrons. The largest absolute Gasteiger partial charge is 0.317 e. The molecule has 0 fully saturated rings. The molecular weight excluding hydrogens is 220 g/mol. The van der Waals surface area contributed by atoms with E-state index in [1.54, 1.807) is 0 Å². The summed E-state index contributed by atoms with van der Waals surface area (Å²) in [6.45, 7) is 16.7. The molecule has 0 aromatic carbocycles. The van der Waals surface area contributed by atoms with E-state index in [1.165, 1.54) is 26.1 Å². The molecule has 0 aliphatic heterocycles. The van der Waals surface area contributed by atoms with E-state index < -0.39 is 0 Å². The predicted molar refractivity (Wildman–Crippen MR) is 96.0 cm³/mol. The van der Waals surface area contributed by atoms with Crippen LogP contribution in [0.15, 0.2) is 0 Å². The summed E-state index contributed by atoms with van der Waals surface area (Å²) in [5.74, 6) is 0. The number of nitrogens with zero attached hydrogens (tertiary/aromatic N) is 1. The van der Waals surface area contributed by atoms with Gasteiger partial charge in [-0.05, 0) is 39.1 Å². The van der Waals surface area contributed by atoms with Crippen molar-refractivity contribution in [3.8, 4) is 0 Å². The molecule has 0 aromatic heterocycles. The lowest BCUT2D eigenvalue weighted by atomic mass is 10.4. The molecule has 0 aromatic rings. The molecule has 0 spiro atoms. The van der Waals surface area contributed by atoms with E-state index in [0.717, 1.165) is 13.1 Å². The summed E-state index contributed by atoms with van der Waals surface area (Å²) in [4.78, 5) is 2.43. The molecule has 0 aliphatic carbocycles. The Kier molecular flexibility index (Phi) is 104. The van der Waals surface area contributed by atoms with Crippen LogP contribution in [0.3, 0.4) is 0 Å². The average molecular weight is 269 g/mol. The molecule has 0 aliphatic rings. The van der Waals surface area contributed by atoms with Crippen LogP contribution in [0.25, 0.3) is 0 Å². The summed E-state index contributed by atoms with van der Waals surface area (Å²) in [5.41, 5.74) is 0. The zero-order valence-corrected chi connectivity index (χ0v) is 10.2. The topological polar surface area (TPSA) is 15.3 Å². The van der Waals surface area contributed by atoms with Gasteiger partial charge in [0.1, 0.15) is 0 Å². The van der Waals surface area contributed by atoms with Gasteiger partial charge in [0.25, 0.3) is 0 Å². The maximum Gasteiger partial charge on any atom is -0.00216 e. The third-order valence-corrected chi connectivity index (χ3v) is 1.93. The molecule has 2 heteroatoms. The van der Waals surface area contributed by atoms with Gasteiger partial charge in [0.2, 0.25) is 0 Å². The summed E-state index contributed by atoms with van der Waals surface area (Å²) in [6, 6.07) is 0. The second kappa shape index (κ2) is 43.6. The quantitative estimate of drug-likeness (QED) is 0.681. The van der Waals surface area contributed by atoms with E-state index in [2.05, 4.69) is 44.8 Å². The van der Waals surface area contributed by atoms with Gasteiger partial charge in [-0.25, -0.2) is 0 Å². The summed E-state index contributed by atoms with van der Waals surface area (Å²) >= 11 is 0. The SMILES string of the molecule is C.C.C.C.C.CCCN(CC)CC.CCNCC. The Morgan fingerprint density at radius 2 is 1.00 bits per heavy atom. The van der Waals surface area contributed by atoms with E-state index in [-0.39, 0.29) is 37.1 Å². The first-order chi connectivity index (χ1) is 6.26. The molecular formula is C16H48N2. The fourth-order valence-electron chi connectivity index (χ4n) is 1.11. The van der Waals surface area contributed by atoms with Gasteiger partial charge in [-0.1, -0.05) is 71.8 Å². The Hall–Kier alpha value is -0.0800. The van der Waals surface area contributed by atoms with Crippen molar-refractivity contribution >= 4 is 0 Å². The maximum absolute atomic E-state index is 3.11. The highest BCUT2D eigenvalue weighted by Crippen LogP contribution is 1.87. The van der Waals surface area contributed by atoms with E-state index in [9.17, 15) is 0 Å². The van der Waals surface area contributed by atoms with Crippen molar-refractivity contribution in [3.63, 3.8) is 0 Å². The molecule has 0 saturated heterocycles. The molecule has 0 rings (SSSR count). The summed E-state index contributed by atoms with van der Waals surface area (Å²) in [6.07, 6.45) is 1.28. The van der Waals surface area contributed by atoms with Crippen molar-refractivity contribution in [2.75, 3.05) is 32.7 Å². The maximum atomic E-state index is 3.11. The number of nitrogens with one attached hydrogen (secondary N) is 1. The first kappa shape index (κ1) is 43.0. The second-order valence-corrected chi connectivity index (χ2v) is 2.98. The molecule has 122 valence electrons. The van der Waals surface area contributed by atoms with E-state index >= 15 is 0 Å². The lowest BCUT2D eigenvalue weighted by molar-refractivity contribution is 0.304. The minimum atomic E-state index is 0. The van der Waals surface area contributed by atoms with Gasteiger partial charge in [-0.3, -0.25) is 0 Å². The predicted octanol–water partition coefficient (Wildman–Crippen LogP) is 5.53. The smallest absolute Gasteiger partial charge is 0.00216 e. The van der Waals surface area contributed by atoms with Crippen molar-refractivity contribution in [3.05, 3.63) is 0 Å². The number of hydrogen-bond donors (Lipinski definition) is 1. The molecule has 2 nitrogen and oxygen atoms in total. The highest BCUT2D eigenvalue weighted by Gasteiger charge is 1.92. The van der Waals surface area contributed by atoms with Gasteiger partial charge in [0.15, 0.2) is 0 Å². The van der Waals surface area contributed by atoms with E-state index in [0.29, 0.717) is 0 Å². The Bertz CT molecular complexity index is 69.5. The molecule has 18 heavy (non-hydrogen) atoms. The van der Waals surface area contributed by atoms with Crippen LogP contribution in [0, 0.1) is 0 Å². The third kappa shape index (κ3) is 44.5. The van der Waals surface area contributed by atoms with Crippen LogP contribution in [0.4, 0.5) is 0 Å². The summed E-state index contributed by atoms with van der Waals surface area (Å²) < 4.78 is 0. The first-order valence-electron chi connectivity index (χ1n) is 5.69. The van der Waals surface area contributed by atoms with Crippen molar-refractivity contribution in [1.29, 1.82) is 0 Å². The van der Waals surface area contributed by atoms with Gasteiger partial charge in [0, 0.05) is 0 Å². The van der Waals surface area contributed by atoms with E-state index in [4.69, 9.17) is 0 Å². The van der Waals surface area contributed by atoms with Gasteiger partial charge in [-0.15, -0.1) is 0 Å². The minimum absolute atomic E-state index is 0. The number of rotatable bonds is 6. The van der Waals surface area contributed by atoms with Crippen LogP contribution in [-0.2, 0) is 0 Å². The van der Waals surface area contributed by atoms with Crippen LogP contribution >= 0.6 is 0 Å². The lowest BCUT2D eigenvalue weighted by Crippen LogP contribution is -2.23. The molecule has 0 bridgehead atoms. The zero-order chi connectivity index (χ0) is 10.5. The van der Waals surface area contributed by atoms with Gasteiger partial charge in [0.05, 0.1) is 0 Å². The van der Waals surface area contributed by atoms with Crippen LogP contribution in [0.1, 0.15) is 78.2 Å². The minimum Gasteiger partial charge on any atom is -0.317 e. The van der Waals surface area contributed by atoms with E-state index in [1.807, 2.05) is 0 Å². The molecule has 0 heterocycles. The Labute approximate surface area is 122 Å². The third-order valence-electron chi connectivity index (χ3n) is 1.93. The van der Waals surface area contributed by atoms with Gasteiger partial charge < -0.3 is 10.2 Å². The van der Waals surface area contributed by atoms with Crippen molar-refractivity contribution in [1.82, 2.24) is 10.2 Å². The Balaban J connectivity index is -0.0000000222. The van der Waals surface area contributed by atoms with Gasteiger partial charge in [-0.2, -0.15) is 0 Å². The molecule has 0 saturated carbocycles. The highest BCUT2D eigenvalue weighted by atomic mass is 15.1. The highest BCUT2D eigenvalue weighted by molar-refractivity contribution is 4.47. The average Bonchev–Trinajstić information content (AvgIpc) is 2.16. The summed E-state index contributed by atoms with van der Waals surface area (Å²) in [5, 5.41) is 3.11. The first-order valence-corrected chi connectivity index (χ1v) is 5.69. The Morgan fingerprint density at radius 1 is 0.667 bits per heavy atom. The standard InChI is InChI=1S/C7H17N.C4H11N.5CH4/c1-4-7-8(5-2)6-3;1-3-5-4-2;;;;;/h4-7H2,1-3H3;5H,3-4H2,1-2H3;5*1H4. The zero-order valence-electron chi connectivity index (χ0n) is 10.2. The monoisotopic (exact) mass is 268 g/mol. The molecule has 0 unspecified atom stereocenters. The van der Waals surface area contributed by atoms with Gasteiger partial charge >= 0.3 is 0 Å². The van der Waals surface area contributed by atoms with Crippen LogP contribution in [-0.4, -0.2) is 37.6 Å². The van der Waals surface area contributed by atoms with Crippen molar-refractivity contribution < 1.29 is 0 Å².